The number of aromatic nitrogens is 1. The second-order valence-corrected chi connectivity index (χ2v) is 6.27. The van der Waals surface area contributed by atoms with Crippen LogP contribution in [0.25, 0.3) is 6.08 Å². The van der Waals surface area contributed by atoms with Gasteiger partial charge < -0.3 is 19.3 Å². The van der Waals surface area contributed by atoms with Gasteiger partial charge in [0.2, 0.25) is 0 Å². The van der Waals surface area contributed by atoms with Gasteiger partial charge in [-0.3, -0.25) is 9.78 Å². The maximum Gasteiger partial charge on any atom is 0.193 e. The number of pyridine rings is 1. The summed E-state index contributed by atoms with van der Waals surface area (Å²) in [5.74, 6) is 0.129. The van der Waals surface area contributed by atoms with Gasteiger partial charge in [-0.25, -0.2) is 0 Å². The minimum atomic E-state index is -0.327. The summed E-state index contributed by atoms with van der Waals surface area (Å²) >= 11 is 0. The Morgan fingerprint density at radius 3 is 2.64 bits per heavy atom. The molecule has 0 unspecified atom stereocenters. The third-order valence-electron chi connectivity index (χ3n) is 3.92. The van der Waals surface area contributed by atoms with Crippen molar-refractivity contribution in [2.24, 2.45) is 0 Å². The molecule has 6 nitrogen and oxygen atoms in total. The molecule has 0 atom stereocenters. The van der Waals surface area contributed by atoms with Crippen LogP contribution >= 0.6 is 0 Å². The maximum atomic E-state index is 13.0. The first-order valence-electron chi connectivity index (χ1n) is 8.79. The molecule has 1 aromatic carbocycles. The number of ketones is 1. The first-order valence-corrected chi connectivity index (χ1v) is 8.79. The van der Waals surface area contributed by atoms with E-state index in [2.05, 4.69) is 4.98 Å². The summed E-state index contributed by atoms with van der Waals surface area (Å²) in [6.07, 6.45) is 7.02. The average molecular weight is 383 g/mol. The zero-order valence-corrected chi connectivity index (χ0v) is 16.6. The Hall–Kier alpha value is -3.12. The van der Waals surface area contributed by atoms with E-state index in [1.165, 1.54) is 26.4 Å². The number of ether oxygens (including phenoxy) is 3. The topological polar surface area (TPSA) is 77.9 Å². The van der Waals surface area contributed by atoms with Gasteiger partial charge >= 0.3 is 0 Å². The predicted octanol–water partition coefficient (Wildman–Crippen LogP) is 4.18. The Bertz CT molecular complexity index is 868. The molecule has 1 N–H and O–H groups in total. The third kappa shape index (κ3) is 5.44. The lowest BCUT2D eigenvalue weighted by Crippen LogP contribution is -2.09. The number of phenols is 1. The minimum absolute atomic E-state index is 0.00860. The third-order valence-corrected chi connectivity index (χ3v) is 3.92. The highest BCUT2D eigenvalue weighted by atomic mass is 16.7. The van der Waals surface area contributed by atoms with Crippen LogP contribution in [0.15, 0.2) is 48.2 Å². The molecule has 6 heteroatoms. The molecule has 0 aliphatic heterocycles. The summed E-state index contributed by atoms with van der Waals surface area (Å²) in [7, 11) is 2.92. The largest absolute Gasteiger partial charge is 0.507 e. The van der Waals surface area contributed by atoms with Crippen molar-refractivity contribution >= 4 is 11.9 Å². The molecule has 0 radical (unpaired) electrons. The molecule has 2 rings (SSSR count). The van der Waals surface area contributed by atoms with Gasteiger partial charge in [0.05, 0.1) is 12.8 Å². The smallest absolute Gasteiger partial charge is 0.193 e. The van der Waals surface area contributed by atoms with E-state index in [0.29, 0.717) is 17.7 Å². The van der Waals surface area contributed by atoms with Gasteiger partial charge in [-0.05, 0) is 44.6 Å². The monoisotopic (exact) mass is 383 g/mol. The molecule has 2 aromatic rings. The van der Waals surface area contributed by atoms with Crippen LogP contribution in [0.3, 0.4) is 0 Å². The number of methoxy groups -OCH3 is 2. The van der Waals surface area contributed by atoms with Crippen molar-refractivity contribution in [2.45, 2.75) is 20.3 Å². The molecule has 0 saturated heterocycles. The molecule has 0 spiro atoms. The van der Waals surface area contributed by atoms with Gasteiger partial charge in [-0.15, -0.1) is 0 Å². The van der Waals surface area contributed by atoms with Crippen LogP contribution in [0, 0.1) is 0 Å². The SMILES string of the molecule is COCOc1c(CC=C(C)C)c(O)cc(OC)c1C(=O)C=Cc1ccccn1. The zero-order valence-electron chi connectivity index (χ0n) is 16.6. The standard InChI is InChI=1S/C22H25NO5/c1-15(2)8-10-17-19(25)13-20(27-4)21(22(17)28-14-26-3)18(24)11-9-16-7-5-6-12-23-16/h5-9,11-13,25H,10,14H2,1-4H3. The summed E-state index contributed by atoms with van der Waals surface area (Å²) in [6.45, 7) is 3.84. The minimum Gasteiger partial charge on any atom is -0.507 e. The Morgan fingerprint density at radius 2 is 2.04 bits per heavy atom. The van der Waals surface area contributed by atoms with Crippen LogP contribution in [-0.4, -0.2) is 36.9 Å². The highest BCUT2D eigenvalue weighted by Gasteiger charge is 2.23. The van der Waals surface area contributed by atoms with Gasteiger partial charge in [0, 0.05) is 24.9 Å². The number of benzene rings is 1. The Kier molecular flexibility index (Phi) is 7.77. The van der Waals surface area contributed by atoms with E-state index in [1.807, 2.05) is 26.0 Å². The first-order chi connectivity index (χ1) is 13.5. The van der Waals surface area contributed by atoms with E-state index in [9.17, 15) is 9.90 Å². The van der Waals surface area contributed by atoms with Crippen molar-refractivity contribution in [3.8, 4) is 17.2 Å². The Labute approximate surface area is 165 Å². The maximum absolute atomic E-state index is 13.0. The van der Waals surface area contributed by atoms with Crippen LogP contribution in [0.1, 0.15) is 35.5 Å². The number of aromatic hydroxyl groups is 1. The van der Waals surface area contributed by atoms with E-state index >= 15 is 0 Å². The molecular formula is C22H25NO5. The van der Waals surface area contributed by atoms with Crippen LogP contribution in [-0.2, 0) is 11.2 Å². The van der Waals surface area contributed by atoms with E-state index < -0.39 is 0 Å². The summed E-state index contributed by atoms with van der Waals surface area (Å²) in [4.78, 5) is 17.1. The number of nitrogens with zero attached hydrogens (tertiary/aromatic N) is 1. The summed E-state index contributed by atoms with van der Waals surface area (Å²) in [5, 5.41) is 10.5. The van der Waals surface area contributed by atoms with E-state index in [-0.39, 0.29) is 35.4 Å². The van der Waals surface area contributed by atoms with Crippen LogP contribution < -0.4 is 9.47 Å². The quantitative estimate of drug-likeness (QED) is 0.303. The van der Waals surface area contributed by atoms with Crippen molar-refractivity contribution in [1.29, 1.82) is 0 Å². The molecule has 1 aromatic heterocycles. The summed E-state index contributed by atoms with van der Waals surface area (Å²) < 4.78 is 16.0. The lowest BCUT2D eigenvalue weighted by molar-refractivity contribution is 0.0494. The zero-order chi connectivity index (χ0) is 20.5. The second-order valence-electron chi connectivity index (χ2n) is 6.27. The molecule has 0 aliphatic carbocycles. The number of carbonyl (C=O) groups excluding carboxylic acids is 1. The molecule has 0 bridgehead atoms. The number of hydrogen-bond donors (Lipinski definition) is 1. The van der Waals surface area contributed by atoms with Gasteiger partial charge in [0.25, 0.3) is 0 Å². The lowest BCUT2D eigenvalue weighted by Gasteiger charge is -2.18. The molecular weight excluding hydrogens is 358 g/mol. The van der Waals surface area contributed by atoms with Gasteiger partial charge in [-0.1, -0.05) is 17.7 Å². The molecule has 0 amide bonds. The number of hydrogen-bond acceptors (Lipinski definition) is 6. The first kappa shape index (κ1) is 21.2. The number of carbonyl (C=O) groups is 1. The van der Waals surface area contributed by atoms with Crippen LogP contribution in [0.2, 0.25) is 0 Å². The van der Waals surface area contributed by atoms with Gasteiger partial charge in [0.15, 0.2) is 12.6 Å². The van der Waals surface area contributed by atoms with Crippen molar-refractivity contribution in [3.63, 3.8) is 0 Å². The predicted molar refractivity (Wildman–Crippen MR) is 108 cm³/mol. The van der Waals surface area contributed by atoms with Crippen LogP contribution in [0.4, 0.5) is 0 Å². The summed E-state index contributed by atoms with van der Waals surface area (Å²) in [5.41, 5.74) is 2.45. The van der Waals surface area contributed by atoms with Crippen molar-refractivity contribution in [3.05, 3.63) is 65.0 Å². The molecule has 148 valence electrons. The highest BCUT2D eigenvalue weighted by Crippen LogP contribution is 2.40. The number of allylic oxidation sites excluding steroid dienone is 3. The fraction of sp³-hybridized carbons (Fsp3) is 0.273. The molecule has 0 aliphatic rings. The fourth-order valence-electron chi connectivity index (χ4n) is 2.56. The summed E-state index contributed by atoms with van der Waals surface area (Å²) in [6, 6.07) is 6.85. The second kappa shape index (κ2) is 10.3. The van der Waals surface area contributed by atoms with Gasteiger partial charge in [-0.2, -0.15) is 0 Å². The average Bonchev–Trinajstić information content (AvgIpc) is 2.69. The number of phenolic OH excluding ortho intramolecular Hbond substituents is 1. The lowest BCUT2D eigenvalue weighted by atomic mass is 9.99. The van der Waals surface area contributed by atoms with E-state index in [0.717, 1.165) is 5.57 Å². The fourth-order valence-corrected chi connectivity index (χ4v) is 2.56. The normalized spacial score (nSPS) is 10.7. The van der Waals surface area contributed by atoms with Crippen molar-refractivity contribution < 1.29 is 24.1 Å². The van der Waals surface area contributed by atoms with Crippen molar-refractivity contribution in [2.75, 3.05) is 21.0 Å². The van der Waals surface area contributed by atoms with E-state index in [4.69, 9.17) is 14.2 Å². The highest BCUT2D eigenvalue weighted by molar-refractivity contribution is 6.11. The van der Waals surface area contributed by atoms with Gasteiger partial charge in [0.1, 0.15) is 22.8 Å². The molecule has 1 heterocycles. The Balaban J connectivity index is 2.54. The van der Waals surface area contributed by atoms with Crippen LogP contribution in [0.5, 0.6) is 17.2 Å². The van der Waals surface area contributed by atoms with E-state index in [1.54, 1.807) is 24.4 Å². The van der Waals surface area contributed by atoms with Crippen molar-refractivity contribution in [1.82, 2.24) is 4.98 Å². The Morgan fingerprint density at radius 1 is 1.25 bits per heavy atom. The molecule has 0 fully saturated rings. The molecule has 0 saturated carbocycles. The number of rotatable bonds is 9. The molecule has 28 heavy (non-hydrogen) atoms.